The van der Waals surface area contributed by atoms with Gasteiger partial charge in [0.05, 0.1) is 6.54 Å². The van der Waals surface area contributed by atoms with E-state index in [0.717, 1.165) is 12.2 Å². The Labute approximate surface area is 122 Å². The predicted molar refractivity (Wildman–Crippen MR) is 77.7 cm³/mol. The zero-order chi connectivity index (χ0) is 14.2. The number of hydrogen-bond donors (Lipinski definition) is 1. The van der Waals surface area contributed by atoms with Crippen molar-refractivity contribution in [3.05, 3.63) is 41.8 Å². The molecule has 0 bridgehead atoms. The lowest BCUT2D eigenvalue weighted by Gasteiger charge is -2.00. The fourth-order valence-electron chi connectivity index (χ4n) is 2.56. The molecule has 3 heterocycles. The van der Waals surface area contributed by atoms with Crippen molar-refractivity contribution in [2.75, 3.05) is 0 Å². The summed E-state index contributed by atoms with van der Waals surface area (Å²) in [6, 6.07) is 4.79. The van der Waals surface area contributed by atoms with Crippen molar-refractivity contribution in [1.29, 1.82) is 0 Å². The van der Waals surface area contributed by atoms with Crippen LogP contribution in [0.3, 0.4) is 0 Å². The van der Waals surface area contributed by atoms with E-state index in [0.29, 0.717) is 24.3 Å². The summed E-state index contributed by atoms with van der Waals surface area (Å²) < 4.78 is 7.12. The lowest BCUT2D eigenvalue weighted by atomic mass is 10.2. The van der Waals surface area contributed by atoms with E-state index in [1.54, 1.807) is 6.92 Å². The quantitative estimate of drug-likeness (QED) is 0.776. The Morgan fingerprint density at radius 3 is 3.10 bits per heavy atom. The van der Waals surface area contributed by atoms with Crippen LogP contribution in [-0.4, -0.2) is 25.7 Å². The molecule has 0 aromatic carbocycles. The summed E-state index contributed by atoms with van der Waals surface area (Å²) in [5.74, 6) is 1.27. The highest BCUT2D eigenvalue weighted by atomic mass is 16.5. The van der Waals surface area contributed by atoms with E-state index in [9.17, 15) is 0 Å². The molecule has 4 rings (SSSR count). The second kappa shape index (κ2) is 4.96. The Bertz CT molecular complexity index is 771. The lowest BCUT2D eigenvalue weighted by molar-refractivity contribution is 0.386. The molecule has 6 nitrogen and oxygen atoms in total. The molecular weight excluding hydrogens is 266 g/mol. The molecule has 0 aliphatic heterocycles. The largest absolute Gasteiger partial charge is 0.340 e. The summed E-state index contributed by atoms with van der Waals surface area (Å²) in [6.45, 7) is 3.26. The molecule has 108 valence electrons. The smallest absolute Gasteiger partial charge is 0.223 e. The molecule has 0 atom stereocenters. The van der Waals surface area contributed by atoms with Gasteiger partial charge in [-0.15, -0.1) is 0 Å². The first-order chi connectivity index (χ1) is 10.3. The first kappa shape index (κ1) is 12.5. The molecule has 6 heteroatoms. The van der Waals surface area contributed by atoms with Gasteiger partial charge < -0.3 is 14.4 Å². The fourth-order valence-corrected chi connectivity index (χ4v) is 2.56. The molecule has 1 fully saturated rings. The normalized spacial score (nSPS) is 14.9. The zero-order valence-electron chi connectivity index (χ0n) is 11.9. The molecule has 0 spiro atoms. The van der Waals surface area contributed by atoms with Crippen molar-refractivity contribution in [1.82, 2.24) is 25.0 Å². The molecule has 0 unspecified atom stereocenters. The maximum Gasteiger partial charge on any atom is 0.223 e. The van der Waals surface area contributed by atoms with Crippen molar-refractivity contribution >= 4 is 11.0 Å². The van der Waals surface area contributed by atoms with Crippen LogP contribution in [0.15, 0.2) is 29.0 Å². The van der Waals surface area contributed by atoms with Gasteiger partial charge in [-0.1, -0.05) is 5.16 Å². The zero-order valence-corrected chi connectivity index (χ0v) is 11.9. The third-order valence-electron chi connectivity index (χ3n) is 3.76. The van der Waals surface area contributed by atoms with Gasteiger partial charge in [0.25, 0.3) is 0 Å². The van der Waals surface area contributed by atoms with E-state index in [2.05, 4.69) is 37.3 Å². The van der Waals surface area contributed by atoms with Crippen molar-refractivity contribution < 1.29 is 4.52 Å². The highest BCUT2D eigenvalue weighted by Crippen LogP contribution is 2.23. The second-order valence-electron chi connectivity index (χ2n) is 5.54. The average molecular weight is 283 g/mol. The van der Waals surface area contributed by atoms with Crippen molar-refractivity contribution in [3.63, 3.8) is 0 Å². The van der Waals surface area contributed by atoms with Crippen LogP contribution in [-0.2, 0) is 13.1 Å². The van der Waals surface area contributed by atoms with Gasteiger partial charge in [0.1, 0.15) is 5.65 Å². The van der Waals surface area contributed by atoms with Crippen molar-refractivity contribution in [2.24, 2.45) is 0 Å². The van der Waals surface area contributed by atoms with Gasteiger partial charge in [-0.05, 0) is 30.5 Å². The van der Waals surface area contributed by atoms with E-state index >= 15 is 0 Å². The number of aromatic nitrogens is 4. The van der Waals surface area contributed by atoms with Gasteiger partial charge in [0.15, 0.2) is 5.82 Å². The van der Waals surface area contributed by atoms with Gasteiger partial charge in [0, 0.05) is 37.3 Å². The molecule has 21 heavy (non-hydrogen) atoms. The molecule has 1 saturated carbocycles. The molecule has 3 aromatic heterocycles. The monoisotopic (exact) mass is 283 g/mol. The Morgan fingerprint density at radius 2 is 2.33 bits per heavy atom. The topological polar surface area (TPSA) is 68.8 Å². The first-order valence-corrected chi connectivity index (χ1v) is 7.25. The van der Waals surface area contributed by atoms with Gasteiger partial charge in [-0.3, -0.25) is 0 Å². The van der Waals surface area contributed by atoms with Crippen LogP contribution in [0.4, 0.5) is 0 Å². The predicted octanol–water partition coefficient (Wildman–Crippen LogP) is 2.03. The Hall–Kier alpha value is -2.21. The van der Waals surface area contributed by atoms with Crippen LogP contribution in [0.2, 0.25) is 0 Å². The number of fused-ring (bicyclic) bond motifs is 1. The Kier molecular flexibility index (Phi) is 2.96. The Balaban J connectivity index is 1.66. The van der Waals surface area contributed by atoms with E-state index in [4.69, 9.17) is 4.52 Å². The van der Waals surface area contributed by atoms with Gasteiger partial charge >= 0.3 is 0 Å². The van der Waals surface area contributed by atoms with Crippen molar-refractivity contribution in [2.45, 2.75) is 38.9 Å². The molecule has 0 saturated heterocycles. The van der Waals surface area contributed by atoms with Crippen molar-refractivity contribution in [3.8, 4) is 0 Å². The van der Waals surface area contributed by atoms with E-state index in [-0.39, 0.29) is 0 Å². The number of pyridine rings is 1. The maximum atomic E-state index is 5.04. The van der Waals surface area contributed by atoms with Crippen LogP contribution < -0.4 is 5.32 Å². The standard InChI is InChI=1S/C15H17N5O/c1-10-18-14(19-21-10)9-20-8-11(7-17-12-4-5-12)13-3-2-6-16-15(13)20/h2-3,6,8,12,17H,4-5,7,9H2,1H3. The molecule has 1 aliphatic carbocycles. The van der Waals surface area contributed by atoms with E-state index in [1.807, 2.05) is 12.3 Å². The third kappa shape index (κ3) is 2.54. The molecule has 0 amide bonds. The number of rotatable bonds is 5. The highest BCUT2D eigenvalue weighted by Gasteiger charge is 2.21. The fraction of sp³-hybridized carbons (Fsp3) is 0.400. The minimum Gasteiger partial charge on any atom is -0.340 e. The summed E-state index contributed by atoms with van der Waals surface area (Å²) in [4.78, 5) is 8.76. The van der Waals surface area contributed by atoms with Gasteiger partial charge in [-0.25, -0.2) is 4.98 Å². The van der Waals surface area contributed by atoms with Crippen LogP contribution >= 0.6 is 0 Å². The SMILES string of the molecule is Cc1nc(Cn2cc(CNC3CC3)c3cccnc32)no1. The Morgan fingerprint density at radius 1 is 1.43 bits per heavy atom. The minimum absolute atomic E-state index is 0.578. The van der Waals surface area contributed by atoms with Gasteiger partial charge in [-0.2, -0.15) is 4.98 Å². The average Bonchev–Trinajstić information content (AvgIpc) is 3.15. The number of nitrogens with one attached hydrogen (secondary N) is 1. The second-order valence-corrected chi connectivity index (χ2v) is 5.54. The van der Waals surface area contributed by atoms with Crippen LogP contribution in [0.5, 0.6) is 0 Å². The summed E-state index contributed by atoms with van der Waals surface area (Å²) in [5.41, 5.74) is 2.23. The van der Waals surface area contributed by atoms with E-state index < -0.39 is 0 Å². The number of nitrogens with zero attached hydrogens (tertiary/aromatic N) is 4. The first-order valence-electron chi connectivity index (χ1n) is 7.25. The number of hydrogen-bond acceptors (Lipinski definition) is 5. The van der Waals surface area contributed by atoms with Gasteiger partial charge in [0.2, 0.25) is 5.89 Å². The van der Waals surface area contributed by atoms with Crippen LogP contribution in [0.1, 0.15) is 30.1 Å². The summed E-state index contributed by atoms with van der Waals surface area (Å²) in [5, 5.41) is 8.70. The maximum absolute atomic E-state index is 5.04. The molecular formula is C15H17N5O. The lowest BCUT2D eigenvalue weighted by Crippen LogP contribution is -2.14. The summed E-state index contributed by atoms with van der Waals surface area (Å²) >= 11 is 0. The molecule has 3 aromatic rings. The third-order valence-corrected chi connectivity index (χ3v) is 3.76. The molecule has 1 aliphatic rings. The highest BCUT2D eigenvalue weighted by molar-refractivity contribution is 5.80. The van der Waals surface area contributed by atoms with Crippen LogP contribution in [0.25, 0.3) is 11.0 Å². The number of aryl methyl sites for hydroxylation is 1. The van der Waals surface area contributed by atoms with E-state index in [1.165, 1.54) is 23.8 Å². The molecule has 0 radical (unpaired) electrons. The minimum atomic E-state index is 0.578. The van der Waals surface area contributed by atoms with Crippen LogP contribution in [0, 0.1) is 6.92 Å². The molecule has 1 N–H and O–H groups in total. The summed E-state index contributed by atoms with van der Waals surface area (Å²) in [7, 11) is 0. The summed E-state index contributed by atoms with van der Waals surface area (Å²) in [6.07, 6.45) is 6.54.